The summed E-state index contributed by atoms with van der Waals surface area (Å²) in [6.45, 7) is 0.972. The van der Waals surface area contributed by atoms with Crippen LogP contribution in [0.1, 0.15) is 48.3 Å². The van der Waals surface area contributed by atoms with Crippen molar-refractivity contribution >= 4 is 10.0 Å². The lowest BCUT2D eigenvalue weighted by Gasteiger charge is -2.34. The Morgan fingerprint density at radius 3 is 2.64 bits per heavy atom. The van der Waals surface area contributed by atoms with Crippen molar-refractivity contribution in [3.8, 4) is 5.75 Å². The third-order valence-electron chi connectivity index (χ3n) is 6.86. The molecule has 1 fully saturated rings. The number of nitrogens with zero attached hydrogens (tertiary/aromatic N) is 2. The average molecular weight is 466 g/mol. The highest BCUT2D eigenvalue weighted by atomic mass is 32.2. The second kappa shape index (κ2) is 9.31. The van der Waals surface area contributed by atoms with E-state index in [0.29, 0.717) is 11.8 Å². The van der Waals surface area contributed by atoms with Crippen LogP contribution in [0.4, 0.5) is 0 Å². The maximum absolute atomic E-state index is 12.6. The quantitative estimate of drug-likeness (QED) is 0.508. The first-order valence-electron chi connectivity index (χ1n) is 11.7. The number of aromatic nitrogens is 2. The van der Waals surface area contributed by atoms with E-state index >= 15 is 0 Å². The molecule has 0 radical (unpaired) electrons. The molecule has 2 heterocycles. The van der Waals surface area contributed by atoms with E-state index in [1.807, 2.05) is 12.1 Å². The number of hydrogen-bond acceptors (Lipinski definition) is 4. The number of imidazole rings is 1. The number of fused-ring (bicyclic) bond motifs is 1. The van der Waals surface area contributed by atoms with Crippen molar-refractivity contribution in [1.82, 2.24) is 14.3 Å². The Kier molecular flexibility index (Phi) is 6.25. The van der Waals surface area contributed by atoms with Crippen molar-refractivity contribution in [2.45, 2.75) is 49.6 Å². The summed E-state index contributed by atoms with van der Waals surface area (Å²) in [4.78, 5) is 3.97. The number of aryl methyl sites for hydroxylation is 1. The zero-order valence-corrected chi connectivity index (χ0v) is 19.8. The van der Waals surface area contributed by atoms with E-state index in [9.17, 15) is 8.42 Å². The molecule has 1 N–H and O–H groups in total. The summed E-state index contributed by atoms with van der Waals surface area (Å²) in [6, 6.07) is 16.7. The third kappa shape index (κ3) is 5.31. The molecule has 7 heteroatoms. The van der Waals surface area contributed by atoms with Crippen molar-refractivity contribution < 1.29 is 13.2 Å². The third-order valence-corrected chi connectivity index (χ3v) is 8.15. The molecule has 0 spiro atoms. The smallest absolute Gasteiger partial charge is 0.259 e. The molecule has 33 heavy (non-hydrogen) atoms. The molecule has 0 saturated heterocycles. The highest BCUT2D eigenvalue weighted by Gasteiger charge is 2.33. The van der Waals surface area contributed by atoms with Crippen molar-refractivity contribution in [3.63, 3.8) is 0 Å². The molecule has 2 aromatic carbocycles. The number of rotatable bonds is 9. The molecule has 2 unspecified atom stereocenters. The van der Waals surface area contributed by atoms with Gasteiger partial charge in [0.15, 0.2) is 5.03 Å². The first-order valence-corrected chi connectivity index (χ1v) is 13.2. The second-order valence-corrected chi connectivity index (χ2v) is 11.2. The molecule has 1 saturated carbocycles. The SMILES string of the molecule is Cn1cnc(S(=O)(=O)NCc2ccc3c(c2)C(Cc2ccccc2)C(CCC2CC2)CO3)c1. The van der Waals surface area contributed by atoms with Crippen LogP contribution < -0.4 is 9.46 Å². The van der Waals surface area contributed by atoms with Crippen LogP contribution in [0.5, 0.6) is 5.75 Å². The molecule has 3 aromatic rings. The fourth-order valence-corrected chi connectivity index (χ4v) is 5.76. The Bertz CT molecular complexity index is 1200. The zero-order chi connectivity index (χ0) is 22.8. The minimum absolute atomic E-state index is 0.0355. The lowest BCUT2D eigenvalue weighted by atomic mass is 9.77. The van der Waals surface area contributed by atoms with Gasteiger partial charge >= 0.3 is 0 Å². The minimum atomic E-state index is -3.66. The summed E-state index contributed by atoms with van der Waals surface area (Å²) in [5, 5.41) is 0.0355. The van der Waals surface area contributed by atoms with Gasteiger partial charge in [-0.05, 0) is 47.4 Å². The number of ether oxygens (including phenoxy) is 1. The predicted octanol–water partition coefficient (Wildman–Crippen LogP) is 4.42. The van der Waals surface area contributed by atoms with Crippen molar-refractivity contribution in [3.05, 3.63) is 77.7 Å². The number of benzene rings is 2. The predicted molar refractivity (Wildman–Crippen MR) is 128 cm³/mol. The Morgan fingerprint density at radius 2 is 1.91 bits per heavy atom. The Hall–Kier alpha value is -2.64. The molecule has 174 valence electrons. The fraction of sp³-hybridized carbons (Fsp3) is 0.423. The first kappa shape index (κ1) is 22.2. The summed E-state index contributed by atoms with van der Waals surface area (Å²) in [5.41, 5.74) is 3.45. The molecule has 1 aliphatic carbocycles. The molecule has 5 rings (SSSR count). The van der Waals surface area contributed by atoms with E-state index in [1.165, 1.54) is 49.3 Å². The van der Waals surface area contributed by atoms with Gasteiger partial charge in [-0.15, -0.1) is 0 Å². The van der Waals surface area contributed by atoms with Gasteiger partial charge in [0, 0.05) is 25.7 Å². The van der Waals surface area contributed by atoms with Gasteiger partial charge in [-0.3, -0.25) is 0 Å². The van der Waals surface area contributed by atoms with Gasteiger partial charge in [0.25, 0.3) is 10.0 Å². The number of nitrogens with one attached hydrogen (secondary N) is 1. The highest BCUT2D eigenvalue weighted by Crippen LogP contribution is 2.44. The van der Waals surface area contributed by atoms with Crippen LogP contribution in [0.25, 0.3) is 0 Å². The molecular formula is C26H31N3O3S. The topological polar surface area (TPSA) is 73.2 Å². The average Bonchev–Trinajstić information content (AvgIpc) is 3.55. The van der Waals surface area contributed by atoms with E-state index in [2.05, 4.69) is 46.1 Å². The van der Waals surface area contributed by atoms with Crippen LogP contribution in [-0.4, -0.2) is 24.6 Å². The molecule has 0 amide bonds. The van der Waals surface area contributed by atoms with Crippen molar-refractivity contribution in [2.75, 3.05) is 6.61 Å². The minimum Gasteiger partial charge on any atom is -0.493 e. The fourth-order valence-electron chi connectivity index (χ4n) is 4.76. The van der Waals surface area contributed by atoms with E-state index < -0.39 is 10.0 Å². The second-order valence-electron chi connectivity index (χ2n) is 9.46. The lowest BCUT2D eigenvalue weighted by molar-refractivity contribution is 0.180. The molecule has 2 atom stereocenters. The summed E-state index contributed by atoms with van der Waals surface area (Å²) < 4.78 is 35.7. The van der Waals surface area contributed by atoms with E-state index in [1.54, 1.807) is 11.6 Å². The number of sulfonamides is 1. The van der Waals surface area contributed by atoms with Gasteiger partial charge in [-0.25, -0.2) is 18.1 Å². The van der Waals surface area contributed by atoms with Gasteiger partial charge in [0.2, 0.25) is 0 Å². The first-order chi connectivity index (χ1) is 16.0. The molecule has 0 bridgehead atoms. The van der Waals surface area contributed by atoms with E-state index in [0.717, 1.165) is 30.3 Å². The standard InChI is InChI=1S/C26H31N3O3S/c1-29-16-26(27-18-29)33(30,31)28-15-21-10-12-25-24(14-21)23(13-20-5-3-2-4-6-20)22(17-32-25)11-9-19-7-8-19/h2-6,10,12,14,16,18-19,22-23,28H,7-9,11,13,15,17H2,1H3. The van der Waals surface area contributed by atoms with Gasteiger partial charge < -0.3 is 9.30 Å². The van der Waals surface area contributed by atoms with Gasteiger partial charge in [0.1, 0.15) is 5.75 Å². The van der Waals surface area contributed by atoms with Crippen LogP contribution in [-0.2, 0) is 30.0 Å². The molecule has 1 aliphatic heterocycles. The summed E-state index contributed by atoms with van der Waals surface area (Å²) in [6.07, 6.45) is 9.15. The summed E-state index contributed by atoms with van der Waals surface area (Å²) in [7, 11) is -1.90. The summed E-state index contributed by atoms with van der Waals surface area (Å²) >= 11 is 0. The Balaban J connectivity index is 1.37. The number of hydrogen-bond donors (Lipinski definition) is 1. The lowest BCUT2D eigenvalue weighted by Crippen LogP contribution is -2.28. The van der Waals surface area contributed by atoms with Crippen LogP contribution in [0.15, 0.2) is 66.1 Å². The normalized spacial score (nSPS) is 20.3. The van der Waals surface area contributed by atoms with Crippen LogP contribution in [0, 0.1) is 11.8 Å². The van der Waals surface area contributed by atoms with E-state index in [-0.39, 0.29) is 11.6 Å². The van der Waals surface area contributed by atoms with Crippen molar-refractivity contribution in [1.29, 1.82) is 0 Å². The highest BCUT2D eigenvalue weighted by molar-refractivity contribution is 7.89. The summed E-state index contributed by atoms with van der Waals surface area (Å²) in [5.74, 6) is 2.66. The molecular weight excluding hydrogens is 434 g/mol. The molecule has 1 aromatic heterocycles. The maximum Gasteiger partial charge on any atom is 0.259 e. The maximum atomic E-state index is 12.6. The Labute approximate surface area is 196 Å². The van der Waals surface area contributed by atoms with Gasteiger partial charge in [-0.1, -0.05) is 61.7 Å². The Morgan fingerprint density at radius 1 is 1.09 bits per heavy atom. The molecule has 6 nitrogen and oxygen atoms in total. The molecule has 2 aliphatic rings. The van der Waals surface area contributed by atoms with Gasteiger partial charge in [-0.2, -0.15) is 0 Å². The zero-order valence-electron chi connectivity index (χ0n) is 19.0. The van der Waals surface area contributed by atoms with E-state index in [4.69, 9.17) is 4.74 Å². The van der Waals surface area contributed by atoms with Crippen LogP contribution in [0.3, 0.4) is 0 Å². The van der Waals surface area contributed by atoms with Crippen LogP contribution in [0.2, 0.25) is 0 Å². The van der Waals surface area contributed by atoms with Gasteiger partial charge in [0.05, 0.1) is 12.9 Å². The van der Waals surface area contributed by atoms with Crippen molar-refractivity contribution in [2.24, 2.45) is 18.9 Å². The largest absolute Gasteiger partial charge is 0.493 e. The van der Waals surface area contributed by atoms with Crippen LogP contribution >= 0.6 is 0 Å². The monoisotopic (exact) mass is 465 g/mol.